The van der Waals surface area contributed by atoms with Crippen LogP contribution < -0.4 is 0 Å². The van der Waals surface area contributed by atoms with E-state index in [9.17, 15) is 4.79 Å². The third-order valence-electron chi connectivity index (χ3n) is 7.85. The Morgan fingerprint density at radius 1 is 0.912 bits per heavy atom. The quantitative estimate of drug-likeness (QED) is 0.421. The number of ether oxygens (including phenoxy) is 1. The Kier molecular flexibility index (Phi) is 7.33. The second-order valence-corrected chi connectivity index (χ2v) is 12.2. The molecule has 0 aliphatic carbocycles. The van der Waals surface area contributed by atoms with E-state index in [1.807, 2.05) is 18.7 Å². The van der Waals surface area contributed by atoms with Crippen molar-refractivity contribution in [3.63, 3.8) is 0 Å². The first-order valence-corrected chi connectivity index (χ1v) is 13.9. The maximum absolute atomic E-state index is 12.4. The van der Waals surface area contributed by atoms with Crippen molar-refractivity contribution in [3.05, 3.63) is 71.8 Å². The lowest BCUT2D eigenvalue weighted by Crippen LogP contribution is -2.46. The van der Waals surface area contributed by atoms with Gasteiger partial charge in [0.25, 0.3) is 0 Å². The molecule has 3 aliphatic heterocycles. The van der Waals surface area contributed by atoms with Crippen molar-refractivity contribution in [3.8, 4) is 0 Å². The molecule has 3 saturated heterocycles. The summed E-state index contributed by atoms with van der Waals surface area (Å²) >= 11 is 1.77. The Hall–Kier alpha value is -1.82. The minimum absolute atomic E-state index is 0.00142. The summed E-state index contributed by atoms with van der Waals surface area (Å²) in [6.07, 6.45) is 7.42. The number of rotatable bonds is 9. The summed E-state index contributed by atoms with van der Waals surface area (Å²) in [4.78, 5) is 17.2. The van der Waals surface area contributed by atoms with Crippen LogP contribution in [-0.2, 0) is 9.53 Å². The molecule has 34 heavy (non-hydrogen) atoms. The molecule has 0 radical (unpaired) electrons. The van der Waals surface area contributed by atoms with E-state index >= 15 is 0 Å². The van der Waals surface area contributed by atoms with Crippen molar-refractivity contribution in [1.29, 1.82) is 0 Å². The summed E-state index contributed by atoms with van der Waals surface area (Å²) in [7, 11) is 0. The Balaban J connectivity index is 1.15. The first-order chi connectivity index (χ1) is 16.5. The lowest BCUT2D eigenvalue weighted by Gasteiger charge is -2.40. The van der Waals surface area contributed by atoms with Gasteiger partial charge in [-0.15, -0.1) is 11.8 Å². The van der Waals surface area contributed by atoms with E-state index in [4.69, 9.17) is 4.74 Å². The summed E-state index contributed by atoms with van der Waals surface area (Å²) < 4.78 is 6.61. The number of thioether (sulfide) groups is 1. The van der Waals surface area contributed by atoms with E-state index in [2.05, 4.69) is 65.6 Å². The van der Waals surface area contributed by atoms with Crippen LogP contribution in [0.15, 0.2) is 60.7 Å². The number of unbranched alkanes of at least 4 members (excludes halogenated alkanes) is 1. The van der Waals surface area contributed by atoms with Crippen molar-refractivity contribution < 1.29 is 9.53 Å². The number of carbonyl (C=O) groups excluding carboxylic acids is 1. The van der Waals surface area contributed by atoms with Crippen LogP contribution >= 0.6 is 11.8 Å². The van der Waals surface area contributed by atoms with Gasteiger partial charge in [0.15, 0.2) is 0 Å². The maximum Gasteiger partial charge on any atom is 0.238 e. The normalized spacial score (nSPS) is 26.5. The maximum atomic E-state index is 12.4. The molecule has 2 bridgehead atoms. The van der Waals surface area contributed by atoms with Gasteiger partial charge in [0.2, 0.25) is 5.91 Å². The second-order valence-electron chi connectivity index (χ2n) is 10.6. The molecule has 2 aromatic carbocycles. The molecule has 0 N–H and O–H groups in total. The van der Waals surface area contributed by atoms with Gasteiger partial charge < -0.3 is 9.64 Å². The molecule has 2 unspecified atom stereocenters. The zero-order valence-electron chi connectivity index (χ0n) is 20.6. The van der Waals surface area contributed by atoms with Gasteiger partial charge in [-0.05, 0) is 70.0 Å². The number of hydrogen-bond acceptors (Lipinski definition) is 4. The molecule has 4 nitrogen and oxygen atoms in total. The van der Waals surface area contributed by atoms with Crippen LogP contribution in [0.4, 0.5) is 0 Å². The molecular weight excluding hydrogens is 440 g/mol. The van der Waals surface area contributed by atoms with Gasteiger partial charge in [-0.1, -0.05) is 60.7 Å². The standard InChI is InChI=1S/C29H38N2O2S/c1-29(2)28(32)30(21-34-29)17-9-10-18-31-24-15-16-25(31)20-26(19-24)33-27(22-11-5-3-6-12-22)23-13-7-4-8-14-23/h3-8,11-14,24-27H,9-10,15-21H2,1-2H3. The average Bonchev–Trinajstić information content (AvgIpc) is 3.25. The van der Waals surface area contributed by atoms with Gasteiger partial charge in [0, 0.05) is 18.6 Å². The molecule has 2 aromatic rings. The second kappa shape index (κ2) is 10.4. The molecule has 0 spiro atoms. The Labute approximate surface area is 209 Å². The number of carbonyl (C=O) groups is 1. The Bertz CT molecular complexity index is 898. The molecule has 1 amide bonds. The summed E-state index contributed by atoms with van der Waals surface area (Å²) in [5, 5.41) is 0. The lowest BCUT2D eigenvalue weighted by molar-refractivity contribution is -0.130. The van der Waals surface area contributed by atoms with Crippen LogP contribution in [0.5, 0.6) is 0 Å². The number of nitrogens with zero attached hydrogens (tertiary/aromatic N) is 2. The predicted octanol–water partition coefficient (Wildman–Crippen LogP) is 5.88. The SMILES string of the molecule is CC1(C)SCN(CCCCN2C3CCC2CC(OC(c2ccccc2)c2ccccc2)C3)C1=O. The lowest BCUT2D eigenvalue weighted by atomic mass is 9.97. The van der Waals surface area contributed by atoms with Crippen molar-refractivity contribution in [2.24, 2.45) is 0 Å². The number of benzene rings is 2. The van der Waals surface area contributed by atoms with Gasteiger partial charge in [-0.3, -0.25) is 9.69 Å². The highest BCUT2D eigenvalue weighted by Gasteiger charge is 2.42. The molecule has 5 heteroatoms. The predicted molar refractivity (Wildman–Crippen MR) is 140 cm³/mol. The van der Waals surface area contributed by atoms with Crippen LogP contribution in [0, 0.1) is 0 Å². The first kappa shape index (κ1) is 23.9. The number of fused-ring (bicyclic) bond motifs is 2. The zero-order chi connectivity index (χ0) is 23.5. The molecular formula is C29H38N2O2S. The van der Waals surface area contributed by atoms with Gasteiger partial charge in [0.1, 0.15) is 6.10 Å². The number of amides is 1. The molecule has 2 atom stereocenters. The summed E-state index contributed by atoms with van der Waals surface area (Å²) in [5.74, 6) is 1.16. The monoisotopic (exact) mass is 478 g/mol. The van der Waals surface area contributed by atoms with Crippen LogP contribution in [0.2, 0.25) is 0 Å². The Morgan fingerprint density at radius 2 is 1.47 bits per heavy atom. The summed E-state index contributed by atoms with van der Waals surface area (Å²) in [6.45, 7) is 6.15. The van der Waals surface area contributed by atoms with Gasteiger partial charge in [-0.2, -0.15) is 0 Å². The molecule has 182 valence electrons. The minimum Gasteiger partial charge on any atom is -0.365 e. The number of hydrogen-bond donors (Lipinski definition) is 0. The third kappa shape index (κ3) is 5.22. The smallest absolute Gasteiger partial charge is 0.238 e. The average molecular weight is 479 g/mol. The molecule has 0 saturated carbocycles. The van der Waals surface area contributed by atoms with E-state index in [0.717, 1.165) is 38.2 Å². The van der Waals surface area contributed by atoms with Crippen LogP contribution in [0.25, 0.3) is 0 Å². The number of piperidine rings is 1. The van der Waals surface area contributed by atoms with E-state index in [1.165, 1.54) is 30.4 Å². The highest BCUT2D eigenvalue weighted by atomic mass is 32.2. The fourth-order valence-corrected chi connectivity index (χ4v) is 6.98. The minimum atomic E-state index is -0.238. The third-order valence-corrected chi connectivity index (χ3v) is 9.19. The fraction of sp³-hybridized carbons (Fsp3) is 0.552. The highest BCUT2D eigenvalue weighted by Crippen LogP contribution is 2.40. The topological polar surface area (TPSA) is 32.8 Å². The van der Waals surface area contributed by atoms with E-state index in [1.54, 1.807) is 11.8 Å². The Morgan fingerprint density at radius 3 is 2.00 bits per heavy atom. The van der Waals surface area contributed by atoms with E-state index < -0.39 is 0 Å². The molecule has 3 aliphatic rings. The largest absolute Gasteiger partial charge is 0.365 e. The summed E-state index contributed by atoms with van der Waals surface area (Å²) in [5.41, 5.74) is 2.47. The first-order valence-electron chi connectivity index (χ1n) is 13.0. The van der Waals surface area contributed by atoms with Crippen molar-refractivity contribution in [2.75, 3.05) is 19.0 Å². The molecule has 3 heterocycles. The van der Waals surface area contributed by atoms with Gasteiger partial charge in [-0.25, -0.2) is 0 Å². The van der Waals surface area contributed by atoms with E-state index in [0.29, 0.717) is 24.1 Å². The van der Waals surface area contributed by atoms with Crippen LogP contribution in [0.1, 0.15) is 69.6 Å². The van der Waals surface area contributed by atoms with Gasteiger partial charge >= 0.3 is 0 Å². The van der Waals surface area contributed by atoms with Gasteiger partial charge in [0.05, 0.1) is 16.7 Å². The van der Waals surface area contributed by atoms with Crippen molar-refractivity contribution in [1.82, 2.24) is 9.80 Å². The highest BCUT2D eigenvalue weighted by molar-refractivity contribution is 8.01. The summed E-state index contributed by atoms with van der Waals surface area (Å²) in [6, 6.07) is 22.6. The van der Waals surface area contributed by atoms with E-state index in [-0.39, 0.29) is 10.9 Å². The van der Waals surface area contributed by atoms with Crippen LogP contribution in [-0.4, -0.2) is 57.6 Å². The molecule has 5 rings (SSSR count). The van der Waals surface area contributed by atoms with Crippen molar-refractivity contribution >= 4 is 17.7 Å². The fourth-order valence-electron chi connectivity index (χ4n) is 6.00. The molecule has 0 aromatic heterocycles. The van der Waals surface area contributed by atoms with Crippen LogP contribution in [0.3, 0.4) is 0 Å². The zero-order valence-corrected chi connectivity index (χ0v) is 21.4. The van der Waals surface area contributed by atoms with Crippen molar-refractivity contribution in [2.45, 2.75) is 81.4 Å². The molecule has 3 fully saturated rings.